The number of allylic oxidation sites excluding steroid dienone is 1. The van der Waals surface area contributed by atoms with Crippen molar-refractivity contribution in [2.45, 2.75) is 44.6 Å². The summed E-state index contributed by atoms with van der Waals surface area (Å²) in [5.74, 6) is 0.607. The molecule has 17 heavy (non-hydrogen) atoms. The predicted octanol–water partition coefficient (Wildman–Crippen LogP) is 4.50. The quantitative estimate of drug-likeness (QED) is 0.814. The van der Waals surface area contributed by atoms with Crippen LogP contribution in [-0.4, -0.2) is 5.11 Å². The molecular weight excluding hydrogens is 276 g/mol. The summed E-state index contributed by atoms with van der Waals surface area (Å²) >= 11 is 3.57. The molecule has 1 aliphatic carbocycles. The van der Waals surface area contributed by atoms with Gasteiger partial charge >= 0.3 is 0 Å². The second kappa shape index (κ2) is 5.36. The summed E-state index contributed by atoms with van der Waals surface area (Å²) in [6.45, 7) is 5.66. The monoisotopic (exact) mass is 294 g/mol. The molecule has 0 radical (unpaired) electrons. The van der Waals surface area contributed by atoms with E-state index in [1.807, 2.05) is 13.0 Å². The van der Waals surface area contributed by atoms with Crippen LogP contribution in [-0.2, 0) is 6.42 Å². The first-order valence-electron chi connectivity index (χ1n) is 6.24. The van der Waals surface area contributed by atoms with Crippen LogP contribution < -0.4 is 0 Å². The number of fused-ring (bicyclic) bond motifs is 1. The SMILES string of the molecule is C=CC[C@H]1CCCc2cc([C@@H](C)O)c(Br)cc21. The van der Waals surface area contributed by atoms with E-state index in [1.54, 1.807) is 0 Å². The zero-order valence-corrected chi connectivity index (χ0v) is 11.8. The summed E-state index contributed by atoms with van der Waals surface area (Å²) in [5.41, 5.74) is 3.85. The van der Waals surface area contributed by atoms with Crippen LogP contribution in [0.1, 0.15) is 54.9 Å². The molecule has 2 rings (SSSR count). The van der Waals surface area contributed by atoms with E-state index in [2.05, 4.69) is 34.6 Å². The maximum atomic E-state index is 9.73. The smallest absolute Gasteiger partial charge is 0.0772 e. The first-order chi connectivity index (χ1) is 8.13. The van der Waals surface area contributed by atoms with Crippen LogP contribution in [0.4, 0.5) is 0 Å². The van der Waals surface area contributed by atoms with Crippen molar-refractivity contribution in [2.24, 2.45) is 0 Å². The predicted molar refractivity (Wildman–Crippen MR) is 75.3 cm³/mol. The minimum Gasteiger partial charge on any atom is -0.389 e. The molecule has 1 aromatic carbocycles. The van der Waals surface area contributed by atoms with Gasteiger partial charge in [0.05, 0.1) is 6.10 Å². The fourth-order valence-corrected chi connectivity index (χ4v) is 3.40. The maximum Gasteiger partial charge on any atom is 0.0772 e. The van der Waals surface area contributed by atoms with E-state index >= 15 is 0 Å². The van der Waals surface area contributed by atoms with Crippen LogP contribution in [0.3, 0.4) is 0 Å². The van der Waals surface area contributed by atoms with Crippen LogP contribution in [0.5, 0.6) is 0 Å². The maximum absolute atomic E-state index is 9.73. The minimum absolute atomic E-state index is 0.408. The number of benzene rings is 1. The van der Waals surface area contributed by atoms with E-state index in [9.17, 15) is 5.11 Å². The van der Waals surface area contributed by atoms with Gasteiger partial charge in [0, 0.05) is 4.47 Å². The van der Waals surface area contributed by atoms with Gasteiger partial charge in [0.2, 0.25) is 0 Å². The van der Waals surface area contributed by atoms with Crippen LogP contribution in [0.25, 0.3) is 0 Å². The lowest BCUT2D eigenvalue weighted by molar-refractivity contribution is 0.198. The molecule has 2 heteroatoms. The fraction of sp³-hybridized carbons (Fsp3) is 0.467. The van der Waals surface area contributed by atoms with Gasteiger partial charge in [-0.25, -0.2) is 0 Å². The molecule has 92 valence electrons. The molecule has 0 fully saturated rings. The lowest BCUT2D eigenvalue weighted by atomic mass is 9.80. The van der Waals surface area contributed by atoms with E-state index in [-0.39, 0.29) is 0 Å². The van der Waals surface area contributed by atoms with Gasteiger partial charge in [-0.05, 0) is 61.3 Å². The molecule has 0 saturated heterocycles. The van der Waals surface area contributed by atoms with Gasteiger partial charge in [0.25, 0.3) is 0 Å². The van der Waals surface area contributed by atoms with Gasteiger partial charge in [0.1, 0.15) is 0 Å². The molecule has 1 aromatic rings. The van der Waals surface area contributed by atoms with Crippen LogP contribution >= 0.6 is 15.9 Å². The molecule has 1 nitrogen and oxygen atoms in total. The van der Waals surface area contributed by atoms with Crippen LogP contribution in [0.15, 0.2) is 29.3 Å². The molecule has 1 N–H and O–H groups in total. The third-order valence-corrected chi connectivity index (χ3v) is 4.29. The Morgan fingerprint density at radius 3 is 3.00 bits per heavy atom. The Morgan fingerprint density at radius 2 is 2.35 bits per heavy atom. The summed E-state index contributed by atoms with van der Waals surface area (Å²) in [4.78, 5) is 0. The zero-order valence-electron chi connectivity index (χ0n) is 10.2. The highest BCUT2D eigenvalue weighted by Crippen LogP contribution is 2.38. The Kier molecular flexibility index (Phi) is 4.05. The molecule has 0 aliphatic heterocycles. The van der Waals surface area contributed by atoms with Crippen LogP contribution in [0, 0.1) is 0 Å². The Hall–Kier alpha value is -0.600. The summed E-state index contributed by atoms with van der Waals surface area (Å²) in [7, 11) is 0. The standard InChI is InChI=1S/C15H19BrO/c1-3-5-11-6-4-7-12-8-13(10(2)17)15(16)9-14(11)12/h3,8-11,17H,1,4-7H2,2H3/t10-,11+/m1/s1. The Labute approximate surface area is 112 Å². The number of aryl methyl sites for hydroxylation is 1. The Bertz CT molecular complexity index is 423. The number of aliphatic hydroxyl groups is 1. The summed E-state index contributed by atoms with van der Waals surface area (Å²) in [5, 5.41) is 9.73. The van der Waals surface area contributed by atoms with E-state index in [0.717, 1.165) is 22.9 Å². The average molecular weight is 295 g/mol. The number of hydrogen-bond donors (Lipinski definition) is 1. The summed E-state index contributed by atoms with van der Waals surface area (Å²) < 4.78 is 1.03. The van der Waals surface area contributed by atoms with E-state index < -0.39 is 6.10 Å². The number of hydrogen-bond acceptors (Lipinski definition) is 1. The van der Waals surface area contributed by atoms with Gasteiger partial charge in [0.15, 0.2) is 0 Å². The molecule has 1 aliphatic rings. The summed E-state index contributed by atoms with van der Waals surface area (Å²) in [6, 6.07) is 4.37. The molecule has 0 amide bonds. The van der Waals surface area contributed by atoms with Crippen LogP contribution in [0.2, 0.25) is 0 Å². The van der Waals surface area contributed by atoms with Gasteiger partial charge in [-0.1, -0.05) is 28.1 Å². The van der Waals surface area contributed by atoms with Crippen molar-refractivity contribution in [3.05, 3.63) is 46.0 Å². The highest BCUT2D eigenvalue weighted by Gasteiger charge is 2.21. The van der Waals surface area contributed by atoms with Crippen molar-refractivity contribution in [1.82, 2.24) is 0 Å². The van der Waals surface area contributed by atoms with E-state index in [1.165, 1.54) is 24.0 Å². The van der Waals surface area contributed by atoms with E-state index in [4.69, 9.17) is 0 Å². The third-order valence-electron chi connectivity index (χ3n) is 3.60. The van der Waals surface area contributed by atoms with Gasteiger partial charge in [-0.3, -0.25) is 0 Å². The summed E-state index contributed by atoms with van der Waals surface area (Å²) in [6.07, 6.45) is 6.28. The topological polar surface area (TPSA) is 20.2 Å². The molecule has 0 unspecified atom stereocenters. The molecule has 0 heterocycles. The average Bonchev–Trinajstić information content (AvgIpc) is 2.29. The normalized spacial score (nSPS) is 20.8. The van der Waals surface area contributed by atoms with Crippen molar-refractivity contribution in [3.63, 3.8) is 0 Å². The second-order valence-electron chi connectivity index (χ2n) is 4.86. The highest BCUT2D eigenvalue weighted by atomic mass is 79.9. The fourth-order valence-electron chi connectivity index (χ4n) is 2.71. The Balaban J connectivity index is 2.43. The largest absolute Gasteiger partial charge is 0.389 e. The van der Waals surface area contributed by atoms with Gasteiger partial charge in [-0.15, -0.1) is 6.58 Å². The number of aliphatic hydroxyl groups excluding tert-OH is 1. The minimum atomic E-state index is -0.408. The lowest BCUT2D eigenvalue weighted by Crippen LogP contribution is -2.11. The van der Waals surface area contributed by atoms with Gasteiger partial charge < -0.3 is 5.11 Å². The van der Waals surface area contributed by atoms with Crippen molar-refractivity contribution in [3.8, 4) is 0 Å². The van der Waals surface area contributed by atoms with Crippen molar-refractivity contribution in [1.29, 1.82) is 0 Å². The van der Waals surface area contributed by atoms with Crippen molar-refractivity contribution in [2.75, 3.05) is 0 Å². The van der Waals surface area contributed by atoms with Gasteiger partial charge in [-0.2, -0.15) is 0 Å². The highest BCUT2D eigenvalue weighted by molar-refractivity contribution is 9.10. The molecular formula is C15H19BrO. The van der Waals surface area contributed by atoms with Crippen molar-refractivity contribution >= 4 is 15.9 Å². The Morgan fingerprint density at radius 1 is 1.59 bits per heavy atom. The second-order valence-corrected chi connectivity index (χ2v) is 5.72. The van der Waals surface area contributed by atoms with E-state index in [0.29, 0.717) is 5.92 Å². The first kappa shape index (κ1) is 12.8. The zero-order chi connectivity index (χ0) is 12.4. The first-order valence-corrected chi connectivity index (χ1v) is 7.04. The van der Waals surface area contributed by atoms with Crippen molar-refractivity contribution < 1.29 is 5.11 Å². The molecule has 0 saturated carbocycles. The number of rotatable bonds is 3. The molecule has 0 spiro atoms. The third kappa shape index (κ3) is 2.63. The number of halogens is 1. The molecule has 2 atom stereocenters. The molecule has 0 aromatic heterocycles. The lowest BCUT2D eigenvalue weighted by Gasteiger charge is -2.26. The molecule has 0 bridgehead atoms.